The van der Waals surface area contributed by atoms with E-state index in [0.717, 1.165) is 31.4 Å². The van der Waals surface area contributed by atoms with Gasteiger partial charge in [-0.2, -0.15) is 0 Å². The number of nitrogen functional groups attached to an aromatic ring is 1. The van der Waals surface area contributed by atoms with E-state index in [1.54, 1.807) is 6.20 Å². The quantitative estimate of drug-likeness (QED) is 0.856. The van der Waals surface area contributed by atoms with Crippen LogP contribution >= 0.6 is 0 Å². The first-order valence-electron chi connectivity index (χ1n) is 7.80. The Balaban J connectivity index is 1.78. The summed E-state index contributed by atoms with van der Waals surface area (Å²) < 4.78 is 0. The van der Waals surface area contributed by atoms with Crippen LogP contribution in [0.1, 0.15) is 36.0 Å². The fourth-order valence-corrected chi connectivity index (χ4v) is 3.20. The van der Waals surface area contributed by atoms with Crippen molar-refractivity contribution >= 4 is 5.82 Å². The van der Waals surface area contributed by atoms with E-state index in [0.29, 0.717) is 17.8 Å². The van der Waals surface area contributed by atoms with Crippen LogP contribution in [0, 0.1) is 0 Å². The molecule has 3 N–H and O–H groups in total. The van der Waals surface area contributed by atoms with Crippen molar-refractivity contribution < 1.29 is 0 Å². The Morgan fingerprint density at radius 1 is 1.29 bits per heavy atom. The molecule has 0 amide bonds. The molecule has 3 nitrogen and oxygen atoms in total. The van der Waals surface area contributed by atoms with E-state index in [2.05, 4.69) is 47.6 Å². The van der Waals surface area contributed by atoms with Gasteiger partial charge >= 0.3 is 0 Å². The van der Waals surface area contributed by atoms with Gasteiger partial charge in [0.1, 0.15) is 5.82 Å². The number of nitrogens with two attached hydrogens (primary N) is 1. The lowest BCUT2D eigenvalue weighted by Gasteiger charge is -2.37. The van der Waals surface area contributed by atoms with E-state index in [9.17, 15) is 0 Å². The summed E-state index contributed by atoms with van der Waals surface area (Å²) in [4.78, 5) is 4.21. The highest BCUT2D eigenvalue weighted by molar-refractivity contribution is 5.43. The van der Waals surface area contributed by atoms with Gasteiger partial charge in [0.2, 0.25) is 0 Å². The Morgan fingerprint density at radius 2 is 2.14 bits per heavy atom. The molecular formula is C18H23N3. The van der Waals surface area contributed by atoms with Crippen LogP contribution in [0.2, 0.25) is 0 Å². The van der Waals surface area contributed by atoms with Gasteiger partial charge in [-0.25, -0.2) is 4.98 Å². The maximum absolute atomic E-state index is 6.01. The minimum absolute atomic E-state index is 0.436. The monoisotopic (exact) mass is 281 g/mol. The average Bonchev–Trinajstić information content (AvgIpc) is 2.48. The molecule has 1 aromatic carbocycles. The van der Waals surface area contributed by atoms with Crippen LogP contribution in [0.3, 0.4) is 0 Å². The lowest BCUT2D eigenvalue weighted by atomic mass is 9.72. The Bertz CT molecular complexity index is 609. The molecule has 0 spiro atoms. The van der Waals surface area contributed by atoms with E-state index < -0.39 is 0 Å². The number of fused-ring (bicyclic) bond motifs is 1. The largest absolute Gasteiger partial charge is 0.383 e. The summed E-state index contributed by atoms with van der Waals surface area (Å²) in [6.45, 7) is 3.25. The van der Waals surface area contributed by atoms with Crippen LogP contribution in [-0.4, -0.2) is 17.6 Å². The Labute approximate surface area is 126 Å². The minimum atomic E-state index is 0.436. The molecule has 0 aliphatic heterocycles. The molecule has 110 valence electrons. The van der Waals surface area contributed by atoms with Crippen LogP contribution in [0.15, 0.2) is 42.6 Å². The zero-order chi connectivity index (χ0) is 14.7. The molecule has 1 aliphatic carbocycles. The van der Waals surface area contributed by atoms with Gasteiger partial charge in [-0.05, 0) is 48.6 Å². The standard InChI is InChI=1S/C18H23N3/c1-2-9-20-17(12-14-7-5-10-21-18(14)19)16-11-13-6-3-4-8-15(13)16/h3-8,10,16-17,20H,2,9,11-12H2,1H3,(H2,19,21). The summed E-state index contributed by atoms with van der Waals surface area (Å²) in [5, 5.41) is 3.70. The smallest absolute Gasteiger partial charge is 0.126 e. The fourth-order valence-electron chi connectivity index (χ4n) is 3.20. The molecule has 1 aromatic heterocycles. The Morgan fingerprint density at radius 3 is 2.90 bits per heavy atom. The van der Waals surface area contributed by atoms with Crippen LogP contribution in [0.5, 0.6) is 0 Å². The van der Waals surface area contributed by atoms with Crippen molar-refractivity contribution in [1.29, 1.82) is 0 Å². The Kier molecular flexibility index (Phi) is 4.20. The van der Waals surface area contributed by atoms with Crippen LogP contribution in [0.25, 0.3) is 0 Å². The number of aromatic nitrogens is 1. The van der Waals surface area contributed by atoms with Crippen molar-refractivity contribution in [1.82, 2.24) is 10.3 Å². The summed E-state index contributed by atoms with van der Waals surface area (Å²) in [5.41, 5.74) is 10.1. The molecule has 1 heterocycles. The number of hydrogen-bond acceptors (Lipinski definition) is 3. The topological polar surface area (TPSA) is 50.9 Å². The molecule has 0 fully saturated rings. The maximum Gasteiger partial charge on any atom is 0.126 e. The van der Waals surface area contributed by atoms with E-state index in [-0.39, 0.29) is 0 Å². The maximum atomic E-state index is 6.01. The molecule has 0 bridgehead atoms. The SMILES string of the molecule is CCCNC(Cc1cccnc1N)C1Cc2ccccc21. The van der Waals surface area contributed by atoms with Crippen LogP contribution in [-0.2, 0) is 12.8 Å². The van der Waals surface area contributed by atoms with Gasteiger partial charge in [-0.15, -0.1) is 0 Å². The molecule has 0 radical (unpaired) electrons. The van der Waals surface area contributed by atoms with Gasteiger partial charge < -0.3 is 11.1 Å². The van der Waals surface area contributed by atoms with Crippen molar-refractivity contribution in [2.24, 2.45) is 0 Å². The molecule has 1 aliphatic rings. The van der Waals surface area contributed by atoms with E-state index in [4.69, 9.17) is 5.73 Å². The van der Waals surface area contributed by atoms with Crippen LogP contribution in [0.4, 0.5) is 5.82 Å². The van der Waals surface area contributed by atoms with Crippen molar-refractivity contribution in [3.63, 3.8) is 0 Å². The number of nitrogens with zero attached hydrogens (tertiary/aromatic N) is 1. The second-order valence-electron chi connectivity index (χ2n) is 5.82. The molecule has 0 saturated heterocycles. The minimum Gasteiger partial charge on any atom is -0.383 e. The lowest BCUT2D eigenvalue weighted by Crippen LogP contribution is -2.42. The third-order valence-electron chi connectivity index (χ3n) is 4.40. The number of nitrogens with one attached hydrogen (secondary N) is 1. The van der Waals surface area contributed by atoms with Crippen molar-refractivity contribution in [3.8, 4) is 0 Å². The first-order chi connectivity index (χ1) is 10.3. The van der Waals surface area contributed by atoms with E-state index >= 15 is 0 Å². The number of anilines is 1. The molecule has 3 rings (SSSR count). The van der Waals surface area contributed by atoms with Gasteiger partial charge in [-0.3, -0.25) is 0 Å². The van der Waals surface area contributed by atoms with Crippen LogP contribution < -0.4 is 11.1 Å². The molecular weight excluding hydrogens is 258 g/mol. The van der Waals surface area contributed by atoms with Gasteiger partial charge in [0, 0.05) is 18.2 Å². The number of benzene rings is 1. The lowest BCUT2D eigenvalue weighted by molar-refractivity contribution is 0.397. The molecule has 0 saturated carbocycles. The molecule has 3 heteroatoms. The zero-order valence-corrected chi connectivity index (χ0v) is 12.5. The summed E-state index contributed by atoms with van der Waals surface area (Å²) in [6.07, 6.45) is 5.01. The average molecular weight is 281 g/mol. The summed E-state index contributed by atoms with van der Waals surface area (Å²) in [5.74, 6) is 1.25. The Hall–Kier alpha value is -1.87. The second-order valence-corrected chi connectivity index (χ2v) is 5.82. The normalized spacial score (nSPS) is 17.9. The molecule has 2 aromatic rings. The third kappa shape index (κ3) is 2.93. The highest BCUT2D eigenvalue weighted by Crippen LogP contribution is 2.38. The predicted molar refractivity (Wildman–Crippen MR) is 87.3 cm³/mol. The number of pyridine rings is 1. The van der Waals surface area contributed by atoms with Gasteiger partial charge in [-0.1, -0.05) is 37.3 Å². The highest BCUT2D eigenvalue weighted by Gasteiger charge is 2.32. The first-order valence-corrected chi connectivity index (χ1v) is 7.80. The van der Waals surface area contributed by atoms with Gasteiger partial charge in [0.25, 0.3) is 0 Å². The molecule has 21 heavy (non-hydrogen) atoms. The number of rotatable bonds is 6. The van der Waals surface area contributed by atoms with Crippen molar-refractivity contribution in [2.45, 2.75) is 38.1 Å². The van der Waals surface area contributed by atoms with Crippen molar-refractivity contribution in [3.05, 3.63) is 59.3 Å². The summed E-state index contributed by atoms with van der Waals surface area (Å²) >= 11 is 0. The predicted octanol–water partition coefficient (Wildman–Crippen LogP) is 2.91. The first kappa shape index (κ1) is 14.1. The summed E-state index contributed by atoms with van der Waals surface area (Å²) in [7, 11) is 0. The van der Waals surface area contributed by atoms with E-state index in [1.165, 1.54) is 11.1 Å². The third-order valence-corrected chi connectivity index (χ3v) is 4.40. The highest BCUT2D eigenvalue weighted by atomic mass is 14.9. The summed E-state index contributed by atoms with van der Waals surface area (Å²) in [6, 6.07) is 13.3. The van der Waals surface area contributed by atoms with E-state index in [1.807, 2.05) is 6.07 Å². The second kappa shape index (κ2) is 6.27. The molecule has 2 unspecified atom stereocenters. The molecule has 2 atom stereocenters. The fraction of sp³-hybridized carbons (Fsp3) is 0.389. The van der Waals surface area contributed by atoms with Gasteiger partial charge in [0.05, 0.1) is 0 Å². The zero-order valence-electron chi connectivity index (χ0n) is 12.5. The van der Waals surface area contributed by atoms with Crippen molar-refractivity contribution in [2.75, 3.05) is 12.3 Å². The number of hydrogen-bond donors (Lipinski definition) is 2. The van der Waals surface area contributed by atoms with Gasteiger partial charge in [0.15, 0.2) is 0 Å².